The van der Waals surface area contributed by atoms with Crippen LogP contribution in [0.3, 0.4) is 0 Å². The zero-order valence-corrected chi connectivity index (χ0v) is 14.1. The summed E-state index contributed by atoms with van der Waals surface area (Å²) in [6.07, 6.45) is 6.90. The SMILES string of the molecule is O=C(Cn1nnc2ccccc21)N1CCCC(Cc2cccnc2)C1. The molecule has 1 saturated heterocycles. The molecule has 1 unspecified atom stereocenters. The van der Waals surface area contributed by atoms with Crippen molar-refractivity contribution in [2.24, 2.45) is 5.92 Å². The summed E-state index contributed by atoms with van der Waals surface area (Å²) in [6, 6.07) is 11.8. The van der Waals surface area contributed by atoms with Gasteiger partial charge in [-0.25, -0.2) is 4.68 Å². The summed E-state index contributed by atoms with van der Waals surface area (Å²) in [5.41, 5.74) is 2.97. The molecule has 1 fully saturated rings. The van der Waals surface area contributed by atoms with Crippen molar-refractivity contribution in [3.8, 4) is 0 Å². The van der Waals surface area contributed by atoms with Gasteiger partial charge in [0.1, 0.15) is 12.1 Å². The Bertz CT molecular complexity index is 860. The van der Waals surface area contributed by atoms with Gasteiger partial charge in [0, 0.05) is 25.5 Å². The number of amides is 1. The van der Waals surface area contributed by atoms with E-state index < -0.39 is 0 Å². The van der Waals surface area contributed by atoms with Crippen LogP contribution in [-0.4, -0.2) is 43.9 Å². The van der Waals surface area contributed by atoms with Gasteiger partial charge in [0.15, 0.2) is 0 Å². The molecule has 3 heterocycles. The van der Waals surface area contributed by atoms with E-state index in [9.17, 15) is 4.79 Å². The second-order valence-corrected chi connectivity index (χ2v) is 6.65. The molecule has 1 atom stereocenters. The van der Waals surface area contributed by atoms with Crippen molar-refractivity contribution in [3.63, 3.8) is 0 Å². The summed E-state index contributed by atoms with van der Waals surface area (Å²) in [7, 11) is 0. The Balaban J connectivity index is 1.41. The number of rotatable bonds is 4. The Morgan fingerprint density at radius 3 is 3.00 bits per heavy atom. The minimum atomic E-state index is 0.117. The lowest BCUT2D eigenvalue weighted by Crippen LogP contribution is -2.42. The van der Waals surface area contributed by atoms with Crippen molar-refractivity contribution in [2.45, 2.75) is 25.8 Å². The first-order chi connectivity index (χ1) is 12.3. The number of carbonyl (C=O) groups excluding carboxylic acids is 1. The van der Waals surface area contributed by atoms with Crippen molar-refractivity contribution < 1.29 is 4.79 Å². The first-order valence-electron chi connectivity index (χ1n) is 8.74. The highest BCUT2D eigenvalue weighted by molar-refractivity contribution is 5.79. The molecule has 4 rings (SSSR count). The molecule has 1 amide bonds. The number of para-hydroxylation sites is 1. The Morgan fingerprint density at radius 2 is 2.12 bits per heavy atom. The predicted octanol–water partition coefficient (Wildman–Crippen LogP) is 2.31. The summed E-state index contributed by atoms with van der Waals surface area (Å²) >= 11 is 0. The van der Waals surface area contributed by atoms with Crippen LogP contribution in [0, 0.1) is 5.92 Å². The molecule has 1 aliphatic heterocycles. The van der Waals surface area contributed by atoms with Gasteiger partial charge in [-0.15, -0.1) is 5.10 Å². The highest BCUT2D eigenvalue weighted by Gasteiger charge is 2.24. The highest BCUT2D eigenvalue weighted by Crippen LogP contribution is 2.21. The Morgan fingerprint density at radius 1 is 1.20 bits per heavy atom. The molecular formula is C19H21N5O. The number of likely N-dealkylation sites (tertiary alicyclic amines) is 1. The van der Waals surface area contributed by atoms with Gasteiger partial charge < -0.3 is 4.90 Å². The van der Waals surface area contributed by atoms with Crippen LogP contribution < -0.4 is 0 Å². The van der Waals surface area contributed by atoms with Gasteiger partial charge >= 0.3 is 0 Å². The summed E-state index contributed by atoms with van der Waals surface area (Å²) in [4.78, 5) is 18.9. The van der Waals surface area contributed by atoms with Gasteiger partial charge in [-0.1, -0.05) is 23.4 Å². The molecule has 6 nitrogen and oxygen atoms in total. The Kier molecular flexibility index (Phi) is 4.41. The minimum Gasteiger partial charge on any atom is -0.341 e. The largest absolute Gasteiger partial charge is 0.341 e. The van der Waals surface area contributed by atoms with Gasteiger partial charge in [-0.2, -0.15) is 0 Å². The third-order valence-corrected chi connectivity index (χ3v) is 4.82. The van der Waals surface area contributed by atoms with E-state index in [0.29, 0.717) is 5.92 Å². The molecule has 128 valence electrons. The van der Waals surface area contributed by atoms with E-state index in [2.05, 4.69) is 21.4 Å². The lowest BCUT2D eigenvalue weighted by molar-refractivity contribution is -0.133. The lowest BCUT2D eigenvalue weighted by atomic mass is 9.92. The van der Waals surface area contributed by atoms with Crippen LogP contribution in [0.4, 0.5) is 0 Å². The van der Waals surface area contributed by atoms with E-state index in [1.807, 2.05) is 41.4 Å². The molecule has 1 aliphatic rings. The van der Waals surface area contributed by atoms with E-state index in [0.717, 1.165) is 43.4 Å². The van der Waals surface area contributed by atoms with Crippen molar-refractivity contribution >= 4 is 16.9 Å². The maximum Gasteiger partial charge on any atom is 0.244 e. The van der Waals surface area contributed by atoms with Crippen molar-refractivity contribution in [1.82, 2.24) is 24.9 Å². The number of hydrogen-bond donors (Lipinski definition) is 0. The number of carbonyl (C=O) groups is 1. The summed E-state index contributed by atoms with van der Waals surface area (Å²) in [5, 5.41) is 8.25. The zero-order chi connectivity index (χ0) is 17.1. The maximum atomic E-state index is 12.7. The van der Waals surface area contributed by atoms with Gasteiger partial charge in [-0.3, -0.25) is 9.78 Å². The number of fused-ring (bicyclic) bond motifs is 1. The van der Waals surface area contributed by atoms with E-state index >= 15 is 0 Å². The van der Waals surface area contributed by atoms with Crippen LogP contribution in [0.25, 0.3) is 11.0 Å². The van der Waals surface area contributed by atoms with E-state index in [4.69, 9.17) is 0 Å². The van der Waals surface area contributed by atoms with E-state index in [-0.39, 0.29) is 12.5 Å². The molecule has 25 heavy (non-hydrogen) atoms. The summed E-state index contributed by atoms with van der Waals surface area (Å²) in [5.74, 6) is 0.612. The fourth-order valence-electron chi connectivity index (χ4n) is 3.57. The third-order valence-electron chi connectivity index (χ3n) is 4.82. The molecule has 0 radical (unpaired) electrons. The summed E-state index contributed by atoms with van der Waals surface area (Å²) < 4.78 is 1.70. The van der Waals surface area contributed by atoms with Gasteiger partial charge in [0.2, 0.25) is 5.91 Å². The molecule has 1 aromatic carbocycles. The molecule has 0 bridgehead atoms. The first-order valence-corrected chi connectivity index (χ1v) is 8.74. The molecule has 0 N–H and O–H groups in total. The van der Waals surface area contributed by atoms with Gasteiger partial charge in [0.05, 0.1) is 5.52 Å². The van der Waals surface area contributed by atoms with E-state index in [1.54, 1.807) is 10.9 Å². The van der Waals surface area contributed by atoms with Crippen molar-refractivity contribution in [3.05, 3.63) is 54.4 Å². The van der Waals surface area contributed by atoms with Crippen LogP contribution >= 0.6 is 0 Å². The number of benzene rings is 1. The molecule has 2 aromatic heterocycles. The molecule has 6 heteroatoms. The standard InChI is InChI=1S/C19H21N5O/c25-19(14-24-18-8-2-1-7-17(18)21-22-24)23-10-4-6-16(13-23)11-15-5-3-9-20-12-15/h1-3,5,7-9,12,16H,4,6,10-11,13-14H2. The topological polar surface area (TPSA) is 63.9 Å². The molecule has 0 saturated carbocycles. The minimum absolute atomic E-state index is 0.117. The average molecular weight is 335 g/mol. The fraction of sp³-hybridized carbons (Fsp3) is 0.368. The number of nitrogens with zero attached hydrogens (tertiary/aromatic N) is 5. The number of pyridine rings is 1. The summed E-state index contributed by atoms with van der Waals surface area (Å²) in [6.45, 7) is 1.88. The first kappa shape index (κ1) is 15.7. The highest BCUT2D eigenvalue weighted by atomic mass is 16.2. The smallest absolute Gasteiger partial charge is 0.244 e. The van der Waals surface area contributed by atoms with Gasteiger partial charge in [0.25, 0.3) is 0 Å². The number of piperidine rings is 1. The quantitative estimate of drug-likeness (QED) is 0.734. The monoisotopic (exact) mass is 335 g/mol. The van der Waals surface area contributed by atoms with Crippen LogP contribution in [0.1, 0.15) is 18.4 Å². The zero-order valence-electron chi connectivity index (χ0n) is 14.1. The second-order valence-electron chi connectivity index (χ2n) is 6.65. The van der Waals surface area contributed by atoms with Crippen molar-refractivity contribution in [1.29, 1.82) is 0 Å². The lowest BCUT2D eigenvalue weighted by Gasteiger charge is -2.33. The molecule has 0 aliphatic carbocycles. The molecule has 0 spiro atoms. The average Bonchev–Trinajstić information content (AvgIpc) is 3.06. The fourth-order valence-corrected chi connectivity index (χ4v) is 3.57. The van der Waals surface area contributed by atoms with Crippen LogP contribution in [0.15, 0.2) is 48.8 Å². The Labute approximate surface area is 146 Å². The number of aromatic nitrogens is 4. The molecule has 3 aromatic rings. The molecular weight excluding hydrogens is 314 g/mol. The number of hydrogen-bond acceptors (Lipinski definition) is 4. The maximum absolute atomic E-state index is 12.7. The van der Waals surface area contributed by atoms with Crippen LogP contribution in [0.2, 0.25) is 0 Å². The Hall–Kier alpha value is -2.76. The normalized spacial score (nSPS) is 17.8. The van der Waals surface area contributed by atoms with E-state index in [1.165, 1.54) is 5.56 Å². The van der Waals surface area contributed by atoms with Crippen LogP contribution in [-0.2, 0) is 17.8 Å². The van der Waals surface area contributed by atoms with Crippen molar-refractivity contribution in [2.75, 3.05) is 13.1 Å². The van der Waals surface area contributed by atoms with Gasteiger partial charge in [-0.05, 0) is 48.9 Å². The predicted molar refractivity (Wildman–Crippen MR) is 94.8 cm³/mol. The van der Waals surface area contributed by atoms with Crippen LogP contribution in [0.5, 0.6) is 0 Å². The third kappa shape index (κ3) is 3.52. The second kappa shape index (κ2) is 7.01.